The number of rotatable bonds is 17. The highest BCUT2D eigenvalue weighted by atomic mass is 16.4. The fraction of sp³-hybridized carbons (Fsp3) is 0.303. The van der Waals surface area contributed by atoms with E-state index in [0.29, 0.717) is 6.42 Å². The maximum absolute atomic E-state index is 13.7. The largest absolute Gasteiger partial charge is 0.480 e. The Bertz CT molecular complexity index is 1420. The van der Waals surface area contributed by atoms with Gasteiger partial charge in [0.25, 0.3) is 0 Å². The topological polar surface area (TPSA) is 215 Å². The fourth-order valence-electron chi connectivity index (χ4n) is 4.67. The van der Waals surface area contributed by atoms with Crippen LogP contribution in [-0.4, -0.2) is 65.5 Å². The molecule has 10 N–H and O–H groups in total. The second kappa shape index (κ2) is 17.8. The first-order valence-corrected chi connectivity index (χ1v) is 14.7. The van der Waals surface area contributed by atoms with Gasteiger partial charge in [0, 0.05) is 19.4 Å². The van der Waals surface area contributed by atoms with Crippen molar-refractivity contribution in [1.29, 1.82) is 0 Å². The number of aliphatic carboxylic acids is 1. The van der Waals surface area contributed by atoms with Crippen molar-refractivity contribution >= 4 is 29.7 Å². The lowest BCUT2D eigenvalue weighted by molar-refractivity contribution is -0.142. The summed E-state index contributed by atoms with van der Waals surface area (Å²) < 4.78 is 0. The number of benzene rings is 3. The summed E-state index contributed by atoms with van der Waals surface area (Å²) in [6, 6.07) is 22.7. The zero-order valence-corrected chi connectivity index (χ0v) is 25.0. The van der Waals surface area contributed by atoms with Crippen LogP contribution in [0, 0.1) is 0 Å². The second-order valence-corrected chi connectivity index (χ2v) is 10.6. The number of nitrogens with two attached hydrogens (primary N) is 3. The van der Waals surface area contributed by atoms with E-state index in [9.17, 15) is 24.3 Å². The molecule has 0 aliphatic rings. The average Bonchev–Trinajstić information content (AvgIpc) is 3.03. The normalized spacial score (nSPS) is 13.4. The standard InChI is InChI=1S/C33H41N7O5/c34-25(19-22-11-4-1-5-12-22)29(41)38-26(17-10-18-37-33(35)36)30(42)39-27(20-23-13-6-2-7-14-23)31(43)40-28(32(44)45)21-24-15-8-3-9-16-24/h1-9,11-16,25-28H,10,17-21,34H2,(H,38,41)(H,39,42)(H,40,43)(H,44,45)(H4,35,36,37). The number of nitrogens with zero attached hydrogens (tertiary/aromatic N) is 1. The molecule has 3 aromatic carbocycles. The van der Waals surface area contributed by atoms with Crippen LogP contribution >= 0.6 is 0 Å². The van der Waals surface area contributed by atoms with Crippen molar-refractivity contribution in [2.24, 2.45) is 22.2 Å². The number of carbonyl (C=O) groups is 4. The monoisotopic (exact) mass is 615 g/mol. The highest BCUT2D eigenvalue weighted by Gasteiger charge is 2.30. The number of guanidine groups is 1. The molecule has 45 heavy (non-hydrogen) atoms. The molecule has 0 radical (unpaired) electrons. The molecule has 0 spiro atoms. The molecule has 12 nitrogen and oxygen atoms in total. The summed E-state index contributed by atoms with van der Waals surface area (Å²) in [5, 5.41) is 17.9. The van der Waals surface area contributed by atoms with Gasteiger partial charge in [-0.15, -0.1) is 0 Å². The van der Waals surface area contributed by atoms with E-state index < -0.39 is 47.9 Å². The van der Waals surface area contributed by atoms with Crippen molar-refractivity contribution in [2.75, 3.05) is 6.54 Å². The zero-order valence-electron chi connectivity index (χ0n) is 25.0. The van der Waals surface area contributed by atoms with Crippen LogP contribution in [0.4, 0.5) is 0 Å². The Kier molecular flexibility index (Phi) is 13.5. The van der Waals surface area contributed by atoms with Crippen molar-refractivity contribution in [2.45, 2.75) is 56.3 Å². The SMILES string of the molecule is NC(N)=NCCCC(NC(=O)C(N)Cc1ccccc1)C(=O)NC(Cc1ccccc1)C(=O)NC(Cc1ccccc1)C(=O)O. The van der Waals surface area contributed by atoms with Gasteiger partial charge in [-0.3, -0.25) is 19.4 Å². The van der Waals surface area contributed by atoms with E-state index in [1.165, 1.54) is 0 Å². The third-order valence-electron chi connectivity index (χ3n) is 7.03. The molecule has 0 bridgehead atoms. The van der Waals surface area contributed by atoms with Crippen LogP contribution in [0.5, 0.6) is 0 Å². The van der Waals surface area contributed by atoms with E-state index in [1.54, 1.807) is 48.5 Å². The van der Waals surface area contributed by atoms with Gasteiger partial charge in [0.05, 0.1) is 6.04 Å². The quantitative estimate of drug-likeness (QED) is 0.0648. The highest BCUT2D eigenvalue weighted by molar-refractivity contribution is 5.94. The smallest absolute Gasteiger partial charge is 0.326 e. The number of carbonyl (C=O) groups excluding carboxylic acids is 3. The predicted octanol–water partition coefficient (Wildman–Crippen LogP) is 0.634. The molecule has 238 valence electrons. The first kappa shape index (κ1) is 34.3. The lowest BCUT2D eigenvalue weighted by atomic mass is 10.0. The molecule has 0 fully saturated rings. The molecule has 0 aliphatic heterocycles. The molecule has 0 heterocycles. The Balaban J connectivity index is 1.78. The molecular formula is C33H41N7O5. The van der Waals surface area contributed by atoms with Gasteiger partial charge in [0.2, 0.25) is 17.7 Å². The molecule has 0 aromatic heterocycles. The molecule has 4 unspecified atom stereocenters. The molecule has 4 atom stereocenters. The van der Waals surface area contributed by atoms with E-state index >= 15 is 0 Å². The van der Waals surface area contributed by atoms with Gasteiger partial charge >= 0.3 is 5.97 Å². The van der Waals surface area contributed by atoms with Gasteiger partial charge in [-0.2, -0.15) is 0 Å². The van der Waals surface area contributed by atoms with Gasteiger partial charge in [-0.05, 0) is 36.0 Å². The van der Waals surface area contributed by atoms with E-state index in [0.717, 1.165) is 16.7 Å². The number of aliphatic imine (C=N–C) groups is 1. The van der Waals surface area contributed by atoms with Crippen LogP contribution in [0.3, 0.4) is 0 Å². The first-order valence-electron chi connectivity index (χ1n) is 14.7. The van der Waals surface area contributed by atoms with Crippen molar-refractivity contribution in [3.63, 3.8) is 0 Å². The molecule has 12 heteroatoms. The van der Waals surface area contributed by atoms with Crippen LogP contribution < -0.4 is 33.2 Å². The number of nitrogens with one attached hydrogen (secondary N) is 3. The Morgan fingerprint density at radius 1 is 0.622 bits per heavy atom. The number of hydrogen-bond acceptors (Lipinski definition) is 6. The van der Waals surface area contributed by atoms with Gasteiger partial charge in [0.1, 0.15) is 18.1 Å². The minimum atomic E-state index is -1.24. The minimum absolute atomic E-state index is 0.0523. The van der Waals surface area contributed by atoms with E-state index in [1.807, 2.05) is 42.5 Å². The highest BCUT2D eigenvalue weighted by Crippen LogP contribution is 2.09. The molecule has 3 amide bonds. The third kappa shape index (κ3) is 12.1. The Morgan fingerprint density at radius 3 is 1.53 bits per heavy atom. The predicted molar refractivity (Wildman–Crippen MR) is 172 cm³/mol. The summed E-state index contributed by atoms with van der Waals surface area (Å²) in [5.74, 6) is -3.17. The number of carboxylic acids is 1. The lowest BCUT2D eigenvalue weighted by Gasteiger charge is -2.25. The molecular weight excluding hydrogens is 574 g/mol. The molecule has 0 saturated heterocycles. The number of amides is 3. The third-order valence-corrected chi connectivity index (χ3v) is 7.03. The second-order valence-electron chi connectivity index (χ2n) is 10.6. The van der Waals surface area contributed by atoms with E-state index in [4.69, 9.17) is 17.2 Å². The van der Waals surface area contributed by atoms with E-state index in [2.05, 4.69) is 20.9 Å². The van der Waals surface area contributed by atoms with Crippen molar-refractivity contribution < 1.29 is 24.3 Å². The summed E-state index contributed by atoms with van der Waals surface area (Å²) in [4.78, 5) is 56.3. The molecule has 0 saturated carbocycles. The summed E-state index contributed by atoms with van der Waals surface area (Å²) >= 11 is 0. The van der Waals surface area contributed by atoms with Crippen LogP contribution in [0.25, 0.3) is 0 Å². The Morgan fingerprint density at radius 2 is 1.04 bits per heavy atom. The molecule has 3 aromatic rings. The first-order chi connectivity index (χ1) is 21.6. The zero-order chi connectivity index (χ0) is 32.6. The van der Waals surface area contributed by atoms with Crippen LogP contribution in [-0.2, 0) is 38.4 Å². The van der Waals surface area contributed by atoms with Gasteiger partial charge < -0.3 is 38.3 Å². The summed E-state index contributed by atoms with van der Waals surface area (Å²) in [6.07, 6.45) is 0.886. The van der Waals surface area contributed by atoms with Gasteiger partial charge in [0.15, 0.2) is 5.96 Å². The summed E-state index contributed by atoms with van der Waals surface area (Å²) in [5.41, 5.74) is 19.3. The van der Waals surface area contributed by atoms with Gasteiger partial charge in [-0.1, -0.05) is 91.0 Å². The Labute approximate surface area is 262 Å². The average molecular weight is 616 g/mol. The van der Waals surface area contributed by atoms with Crippen molar-refractivity contribution in [3.8, 4) is 0 Å². The van der Waals surface area contributed by atoms with Crippen LogP contribution in [0.1, 0.15) is 29.5 Å². The van der Waals surface area contributed by atoms with Crippen LogP contribution in [0.15, 0.2) is 96.0 Å². The van der Waals surface area contributed by atoms with Crippen LogP contribution in [0.2, 0.25) is 0 Å². The minimum Gasteiger partial charge on any atom is -0.480 e. The van der Waals surface area contributed by atoms with Crippen molar-refractivity contribution in [1.82, 2.24) is 16.0 Å². The summed E-state index contributed by atoms with van der Waals surface area (Å²) in [7, 11) is 0. The van der Waals surface area contributed by atoms with E-state index in [-0.39, 0.29) is 38.2 Å². The fourth-order valence-corrected chi connectivity index (χ4v) is 4.67. The Hall–Kier alpha value is -5.23. The van der Waals surface area contributed by atoms with Gasteiger partial charge in [-0.25, -0.2) is 4.79 Å². The summed E-state index contributed by atoms with van der Waals surface area (Å²) in [6.45, 7) is 0.214. The molecule has 0 aliphatic carbocycles. The maximum atomic E-state index is 13.7. The number of carboxylic acid groups (broad SMARTS) is 1. The van der Waals surface area contributed by atoms with Crippen molar-refractivity contribution in [3.05, 3.63) is 108 Å². The molecule has 3 rings (SSSR count). The number of hydrogen-bond donors (Lipinski definition) is 7. The lowest BCUT2D eigenvalue weighted by Crippen LogP contribution is -2.58. The maximum Gasteiger partial charge on any atom is 0.326 e.